The van der Waals surface area contributed by atoms with E-state index < -0.39 is 17.2 Å². The van der Waals surface area contributed by atoms with Crippen molar-refractivity contribution in [1.82, 2.24) is 14.1 Å². The second kappa shape index (κ2) is 10.0. The molecule has 0 atom stereocenters. The van der Waals surface area contributed by atoms with E-state index in [1.54, 1.807) is 67.8 Å². The number of benzene rings is 2. The number of ether oxygens (including phenoxy) is 2. The number of anilines is 1. The van der Waals surface area contributed by atoms with Crippen LogP contribution in [0.4, 0.5) is 5.69 Å². The number of amides is 1. The van der Waals surface area contributed by atoms with Crippen molar-refractivity contribution in [3.8, 4) is 11.5 Å². The van der Waals surface area contributed by atoms with Gasteiger partial charge in [-0.15, -0.1) is 0 Å². The van der Waals surface area contributed by atoms with Crippen molar-refractivity contribution in [3.63, 3.8) is 0 Å². The number of hydrogen-bond acceptors (Lipinski definition) is 6. The van der Waals surface area contributed by atoms with Gasteiger partial charge in [-0.1, -0.05) is 24.3 Å². The van der Waals surface area contributed by atoms with Crippen LogP contribution in [0.2, 0.25) is 0 Å². The van der Waals surface area contributed by atoms with Crippen molar-refractivity contribution >= 4 is 22.6 Å². The van der Waals surface area contributed by atoms with Crippen molar-refractivity contribution in [2.24, 2.45) is 0 Å². The van der Waals surface area contributed by atoms with Crippen LogP contribution in [-0.2, 0) is 17.9 Å². The number of carbonyl (C=O) groups is 1. The predicted octanol–water partition coefficient (Wildman–Crippen LogP) is 2.65. The molecule has 0 aliphatic rings. The lowest BCUT2D eigenvalue weighted by molar-refractivity contribution is -0.116. The highest BCUT2D eigenvalue weighted by atomic mass is 16.5. The number of rotatable bonds is 8. The number of para-hydroxylation sites is 2. The molecule has 0 aliphatic carbocycles. The van der Waals surface area contributed by atoms with Crippen molar-refractivity contribution in [2.45, 2.75) is 20.0 Å². The quantitative estimate of drug-likeness (QED) is 0.434. The first-order valence-electron chi connectivity index (χ1n) is 10.7. The Labute approximate surface area is 195 Å². The molecule has 9 nitrogen and oxygen atoms in total. The van der Waals surface area contributed by atoms with Gasteiger partial charge < -0.3 is 14.8 Å². The van der Waals surface area contributed by atoms with Crippen LogP contribution in [0.15, 0.2) is 76.4 Å². The fraction of sp³-hybridized carbons (Fsp3) is 0.200. The molecular weight excluding hydrogens is 436 g/mol. The Kier molecular flexibility index (Phi) is 6.72. The van der Waals surface area contributed by atoms with Crippen molar-refractivity contribution in [3.05, 3.63) is 93.3 Å². The molecule has 0 radical (unpaired) electrons. The van der Waals surface area contributed by atoms with Crippen molar-refractivity contribution in [1.29, 1.82) is 0 Å². The maximum absolute atomic E-state index is 13.3. The SMILES string of the molecule is CCOc1ccccc1NC(=O)Cn1c(=O)n(Cc2ccc(OC)cc2)c(=O)c2cccnc21. The van der Waals surface area contributed by atoms with Gasteiger partial charge in [0.25, 0.3) is 5.56 Å². The van der Waals surface area contributed by atoms with E-state index in [0.29, 0.717) is 23.8 Å². The van der Waals surface area contributed by atoms with Gasteiger partial charge in [-0.2, -0.15) is 0 Å². The van der Waals surface area contributed by atoms with Gasteiger partial charge in [0, 0.05) is 6.20 Å². The van der Waals surface area contributed by atoms with Crippen molar-refractivity contribution < 1.29 is 14.3 Å². The zero-order valence-corrected chi connectivity index (χ0v) is 18.9. The Morgan fingerprint density at radius 2 is 1.76 bits per heavy atom. The van der Waals surface area contributed by atoms with E-state index in [0.717, 1.165) is 10.1 Å². The van der Waals surface area contributed by atoms with Gasteiger partial charge >= 0.3 is 5.69 Å². The van der Waals surface area contributed by atoms with E-state index in [1.807, 2.05) is 6.92 Å². The Morgan fingerprint density at radius 1 is 1.00 bits per heavy atom. The van der Waals surface area contributed by atoms with Crippen LogP contribution in [0.5, 0.6) is 11.5 Å². The molecule has 0 bridgehead atoms. The summed E-state index contributed by atoms with van der Waals surface area (Å²) in [6, 6.07) is 17.3. The van der Waals surface area contributed by atoms with E-state index in [2.05, 4.69) is 10.3 Å². The van der Waals surface area contributed by atoms with Crippen LogP contribution in [0.3, 0.4) is 0 Å². The molecule has 0 saturated carbocycles. The Morgan fingerprint density at radius 3 is 2.50 bits per heavy atom. The number of nitrogens with zero attached hydrogens (tertiary/aromatic N) is 3. The van der Waals surface area contributed by atoms with Gasteiger partial charge in [-0.25, -0.2) is 9.78 Å². The van der Waals surface area contributed by atoms with Gasteiger partial charge in [0.05, 0.1) is 31.3 Å². The number of aromatic nitrogens is 3. The minimum Gasteiger partial charge on any atom is -0.497 e. The van der Waals surface area contributed by atoms with Gasteiger partial charge in [0.2, 0.25) is 5.91 Å². The molecule has 0 aliphatic heterocycles. The average molecular weight is 460 g/mol. The van der Waals surface area contributed by atoms with Crippen LogP contribution >= 0.6 is 0 Å². The summed E-state index contributed by atoms with van der Waals surface area (Å²) in [5.74, 6) is 0.745. The van der Waals surface area contributed by atoms with Gasteiger partial charge in [0.1, 0.15) is 23.7 Å². The van der Waals surface area contributed by atoms with Crippen LogP contribution in [0.1, 0.15) is 12.5 Å². The number of carbonyl (C=O) groups excluding carboxylic acids is 1. The third-order valence-corrected chi connectivity index (χ3v) is 5.24. The summed E-state index contributed by atoms with van der Waals surface area (Å²) in [4.78, 5) is 43.5. The molecule has 0 unspecified atom stereocenters. The summed E-state index contributed by atoms with van der Waals surface area (Å²) in [5, 5.41) is 3.03. The first-order chi connectivity index (χ1) is 16.5. The smallest absolute Gasteiger partial charge is 0.333 e. The van der Waals surface area contributed by atoms with Gasteiger partial charge in [0.15, 0.2) is 0 Å². The number of fused-ring (bicyclic) bond motifs is 1. The van der Waals surface area contributed by atoms with E-state index >= 15 is 0 Å². The zero-order chi connectivity index (χ0) is 24.1. The maximum atomic E-state index is 13.3. The normalized spacial score (nSPS) is 10.8. The fourth-order valence-electron chi connectivity index (χ4n) is 3.63. The maximum Gasteiger partial charge on any atom is 0.333 e. The van der Waals surface area contributed by atoms with Crippen LogP contribution in [-0.4, -0.2) is 33.7 Å². The Bertz CT molecular complexity index is 1440. The average Bonchev–Trinajstić information content (AvgIpc) is 2.86. The number of nitrogens with one attached hydrogen (secondary N) is 1. The number of hydrogen-bond donors (Lipinski definition) is 1. The lowest BCUT2D eigenvalue weighted by atomic mass is 10.2. The van der Waals surface area contributed by atoms with E-state index in [9.17, 15) is 14.4 Å². The van der Waals surface area contributed by atoms with E-state index in [4.69, 9.17) is 9.47 Å². The van der Waals surface area contributed by atoms with Gasteiger partial charge in [-0.3, -0.25) is 18.7 Å². The van der Waals surface area contributed by atoms with E-state index in [1.165, 1.54) is 10.8 Å². The molecule has 34 heavy (non-hydrogen) atoms. The lowest BCUT2D eigenvalue weighted by Crippen LogP contribution is -2.42. The molecule has 0 fully saturated rings. The summed E-state index contributed by atoms with van der Waals surface area (Å²) < 4.78 is 13.0. The summed E-state index contributed by atoms with van der Waals surface area (Å²) in [6.07, 6.45) is 1.48. The highest BCUT2D eigenvalue weighted by Gasteiger charge is 2.17. The van der Waals surface area contributed by atoms with E-state index in [-0.39, 0.29) is 24.1 Å². The standard InChI is InChI=1S/C25H24N4O5/c1-3-34-21-9-5-4-8-20(21)27-22(30)16-28-23-19(7-6-14-26-23)24(31)29(25(28)32)15-17-10-12-18(33-2)13-11-17/h4-14H,3,15-16H2,1-2H3,(H,27,30). The second-order valence-electron chi connectivity index (χ2n) is 7.46. The third-order valence-electron chi connectivity index (χ3n) is 5.24. The molecular formula is C25H24N4O5. The summed E-state index contributed by atoms with van der Waals surface area (Å²) in [5.41, 5.74) is 0.287. The third kappa shape index (κ3) is 4.68. The summed E-state index contributed by atoms with van der Waals surface area (Å²) >= 11 is 0. The molecule has 2 aromatic carbocycles. The molecule has 1 N–H and O–H groups in total. The molecule has 4 aromatic rings. The number of methoxy groups -OCH3 is 1. The monoisotopic (exact) mass is 460 g/mol. The molecule has 1 amide bonds. The topological polar surface area (TPSA) is 104 Å². The first-order valence-corrected chi connectivity index (χ1v) is 10.7. The Balaban J connectivity index is 1.71. The molecule has 2 heterocycles. The van der Waals surface area contributed by atoms with Crippen LogP contribution < -0.4 is 26.0 Å². The fourth-order valence-corrected chi connectivity index (χ4v) is 3.63. The molecule has 0 spiro atoms. The molecule has 0 saturated heterocycles. The summed E-state index contributed by atoms with van der Waals surface area (Å²) in [7, 11) is 1.56. The molecule has 9 heteroatoms. The first kappa shape index (κ1) is 22.8. The molecule has 174 valence electrons. The molecule has 4 rings (SSSR count). The highest BCUT2D eigenvalue weighted by Crippen LogP contribution is 2.23. The van der Waals surface area contributed by atoms with Crippen LogP contribution in [0.25, 0.3) is 11.0 Å². The minimum absolute atomic E-state index is 0.0429. The molecule has 2 aromatic heterocycles. The van der Waals surface area contributed by atoms with Crippen molar-refractivity contribution in [2.75, 3.05) is 19.0 Å². The number of pyridine rings is 1. The van der Waals surface area contributed by atoms with Gasteiger partial charge in [-0.05, 0) is 48.9 Å². The zero-order valence-electron chi connectivity index (χ0n) is 18.9. The second-order valence-corrected chi connectivity index (χ2v) is 7.46. The predicted molar refractivity (Wildman–Crippen MR) is 129 cm³/mol. The minimum atomic E-state index is -0.625. The van der Waals surface area contributed by atoms with Crippen LogP contribution in [0, 0.1) is 0 Å². The lowest BCUT2D eigenvalue weighted by Gasteiger charge is -2.15. The largest absolute Gasteiger partial charge is 0.497 e. The highest BCUT2D eigenvalue weighted by molar-refractivity contribution is 5.92. The Hall–Kier alpha value is -4.40. The summed E-state index contributed by atoms with van der Waals surface area (Å²) in [6.45, 7) is 2.01.